The van der Waals surface area contributed by atoms with Gasteiger partial charge in [0, 0.05) is 38.9 Å². The van der Waals surface area contributed by atoms with Gasteiger partial charge >= 0.3 is 0 Å². The highest BCUT2D eigenvalue weighted by atomic mass is 16.2. The van der Waals surface area contributed by atoms with Gasteiger partial charge in [-0.2, -0.15) is 0 Å². The molecular formula is C14H19N3O2. The van der Waals surface area contributed by atoms with Crippen molar-refractivity contribution in [3.05, 3.63) is 30.1 Å². The minimum atomic E-state index is -0.0686. The van der Waals surface area contributed by atoms with Crippen molar-refractivity contribution < 1.29 is 9.59 Å². The molecule has 2 rings (SSSR count). The van der Waals surface area contributed by atoms with E-state index in [9.17, 15) is 9.59 Å². The van der Waals surface area contributed by atoms with Crippen molar-refractivity contribution in [3.63, 3.8) is 0 Å². The van der Waals surface area contributed by atoms with Crippen LogP contribution in [-0.4, -0.2) is 52.7 Å². The number of rotatable bonds is 4. The lowest BCUT2D eigenvalue weighted by Crippen LogP contribution is -2.48. The van der Waals surface area contributed by atoms with Crippen LogP contribution in [0, 0.1) is 0 Å². The lowest BCUT2D eigenvalue weighted by molar-refractivity contribution is -0.136. The third kappa shape index (κ3) is 4.13. The summed E-state index contributed by atoms with van der Waals surface area (Å²) in [5, 5.41) is 0. The number of ketones is 1. The maximum atomic E-state index is 11.7. The Morgan fingerprint density at radius 3 is 2.53 bits per heavy atom. The molecule has 19 heavy (non-hydrogen) atoms. The summed E-state index contributed by atoms with van der Waals surface area (Å²) in [4.78, 5) is 31.0. The Kier molecular flexibility index (Phi) is 4.63. The minimum Gasteiger partial charge on any atom is -0.340 e. The van der Waals surface area contributed by atoms with E-state index in [1.807, 2.05) is 18.2 Å². The summed E-state index contributed by atoms with van der Waals surface area (Å²) in [5.74, 6) is -0.120. The molecule has 0 radical (unpaired) electrons. The first-order valence-electron chi connectivity index (χ1n) is 6.54. The van der Waals surface area contributed by atoms with E-state index >= 15 is 0 Å². The highest BCUT2D eigenvalue weighted by Crippen LogP contribution is 2.07. The van der Waals surface area contributed by atoms with Gasteiger partial charge in [0.05, 0.1) is 12.1 Å². The summed E-state index contributed by atoms with van der Waals surface area (Å²) >= 11 is 0. The van der Waals surface area contributed by atoms with E-state index in [4.69, 9.17) is 0 Å². The number of amides is 1. The summed E-state index contributed by atoms with van der Waals surface area (Å²) in [6.07, 6.45) is 1.82. The van der Waals surface area contributed by atoms with E-state index < -0.39 is 0 Å². The molecular weight excluding hydrogens is 242 g/mol. The van der Waals surface area contributed by atoms with E-state index in [0.717, 1.165) is 25.3 Å². The van der Waals surface area contributed by atoms with Crippen LogP contribution in [0.15, 0.2) is 24.4 Å². The van der Waals surface area contributed by atoms with E-state index in [1.165, 1.54) is 6.92 Å². The zero-order valence-electron chi connectivity index (χ0n) is 11.2. The number of carbonyl (C=O) groups is 2. The van der Waals surface area contributed by atoms with E-state index in [1.54, 1.807) is 11.1 Å². The van der Waals surface area contributed by atoms with Crippen molar-refractivity contribution in [2.45, 2.75) is 19.9 Å². The van der Waals surface area contributed by atoms with E-state index in [-0.39, 0.29) is 18.1 Å². The summed E-state index contributed by atoms with van der Waals surface area (Å²) in [5.41, 5.74) is 1.05. The predicted molar refractivity (Wildman–Crippen MR) is 71.4 cm³/mol. The molecule has 1 fully saturated rings. The fraction of sp³-hybridized carbons (Fsp3) is 0.500. The molecule has 5 nitrogen and oxygen atoms in total. The quantitative estimate of drug-likeness (QED) is 0.749. The maximum absolute atomic E-state index is 11.7. The first-order valence-corrected chi connectivity index (χ1v) is 6.54. The van der Waals surface area contributed by atoms with Crippen LogP contribution in [0.3, 0.4) is 0 Å². The molecule has 2 heterocycles. The number of hydrogen-bond acceptors (Lipinski definition) is 4. The molecule has 0 bridgehead atoms. The number of nitrogens with zero attached hydrogens (tertiary/aromatic N) is 3. The third-order valence-electron chi connectivity index (χ3n) is 3.24. The van der Waals surface area contributed by atoms with E-state index in [0.29, 0.717) is 13.1 Å². The average molecular weight is 261 g/mol. The van der Waals surface area contributed by atoms with Gasteiger partial charge in [0.15, 0.2) is 0 Å². The Hall–Kier alpha value is -1.75. The van der Waals surface area contributed by atoms with Crippen LogP contribution in [0.4, 0.5) is 0 Å². The first-order chi connectivity index (χ1) is 9.15. The lowest BCUT2D eigenvalue weighted by atomic mass is 10.2. The summed E-state index contributed by atoms with van der Waals surface area (Å²) in [6, 6.07) is 5.89. The van der Waals surface area contributed by atoms with Gasteiger partial charge in [0.2, 0.25) is 5.91 Å². The summed E-state index contributed by atoms with van der Waals surface area (Å²) in [7, 11) is 0. The topological polar surface area (TPSA) is 53.5 Å². The largest absolute Gasteiger partial charge is 0.340 e. The monoisotopic (exact) mass is 261 g/mol. The van der Waals surface area contributed by atoms with Crippen molar-refractivity contribution in [2.75, 3.05) is 26.2 Å². The molecule has 1 aliphatic heterocycles. The SMILES string of the molecule is CC(=O)CC(=O)N1CCN(Cc2ccccn2)CC1. The van der Waals surface area contributed by atoms with E-state index in [2.05, 4.69) is 9.88 Å². The van der Waals surface area contributed by atoms with Gasteiger partial charge in [-0.05, 0) is 19.1 Å². The van der Waals surface area contributed by atoms with Gasteiger partial charge in [-0.3, -0.25) is 19.5 Å². The zero-order chi connectivity index (χ0) is 13.7. The van der Waals surface area contributed by atoms with Crippen LogP contribution in [-0.2, 0) is 16.1 Å². The smallest absolute Gasteiger partial charge is 0.230 e. The van der Waals surface area contributed by atoms with Crippen molar-refractivity contribution in [1.82, 2.24) is 14.8 Å². The third-order valence-corrected chi connectivity index (χ3v) is 3.24. The molecule has 0 aromatic carbocycles. The lowest BCUT2D eigenvalue weighted by Gasteiger charge is -2.34. The molecule has 1 aliphatic rings. The van der Waals surface area contributed by atoms with Crippen LogP contribution < -0.4 is 0 Å². The van der Waals surface area contributed by atoms with Crippen LogP contribution in [0.25, 0.3) is 0 Å². The molecule has 0 saturated carbocycles. The number of Topliss-reactive ketones (excluding diaryl/α,β-unsaturated/α-hetero) is 1. The number of carbonyl (C=O) groups excluding carboxylic acids is 2. The Morgan fingerprint density at radius 2 is 1.95 bits per heavy atom. The van der Waals surface area contributed by atoms with Crippen LogP contribution in [0.2, 0.25) is 0 Å². The summed E-state index contributed by atoms with van der Waals surface area (Å²) in [6.45, 7) is 5.32. The normalized spacial score (nSPS) is 16.4. The molecule has 0 aliphatic carbocycles. The fourth-order valence-electron chi connectivity index (χ4n) is 2.20. The molecule has 0 unspecified atom stereocenters. The van der Waals surface area contributed by atoms with Crippen molar-refractivity contribution >= 4 is 11.7 Å². The molecule has 102 valence electrons. The Morgan fingerprint density at radius 1 is 1.21 bits per heavy atom. The minimum absolute atomic E-state index is 0.0280. The van der Waals surface area contributed by atoms with Gasteiger partial charge in [0.25, 0.3) is 0 Å². The average Bonchev–Trinajstić information content (AvgIpc) is 2.40. The van der Waals surface area contributed by atoms with Gasteiger partial charge in [-0.25, -0.2) is 0 Å². The Balaban J connectivity index is 1.79. The number of piperazine rings is 1. The maximum Gasteiger partial charge on any atom is 0.230 e. The molecule has 5 heteroatoms. The summed E-state index contributed by atoms with van der Waals surface area (Å²) < 4.78 is 0. The van der Waals surface area contributed by atoms with Crippen molar-refractivity contribution in [3.8, 4) is 0 Å². The standard InChI is InChI=1S/C14H19N3O2/c1-12(18)10-14(19)17-8-6-16(7-9-17)11-13-4-2-3-5-15-13/h2-5H,6-11H2,1H3. The molecule has 1 aromatic rings. The molecule has 1 saturated heterocycles. The number of aromatic nitrogens is 1. The molecule has 1 amide bonds. The van der Waals surface area contributed by atoms with Gasteiger partial charge < -0.3 is 4.90 Å². The number of pyridine rings is 1. The Bertz CT molecular complexity index is 439. The second-order valence-electron chi connectivity index (χ2n) is 4.86. The molecule has 1 aromatic heterocycles. The van der Waals surface area contributed by atoms with Gasteiger partial charge in [-0.1, -0.05) is 6.07 Å². The highest BCUT2D eigenvalue weighted by Gasteiger charge is 2.21. The second-order valence-corrected chi connectivity index (χ2v) is 4.86. The van der Waals surface area contributed by atoms with Crippen LogP contribution >= 0.6 is 0 Å². The molecule has 0 N–H and O–H groups in total. The Labute approximate surface area is 113 Å². The molecule has 0 atom stereocenters. The first kappa shape index (κ1) is 13.7. The second kappa shape index (κ2) is 6.43. The van der Waals surface area contributed by atoms with Crippen LogP contribution in [0.1, 0.15) is 19.0 Å². The fourth-order valence-corrected chi connectivity index (χ4v) is 2.20. The predicted octanol–water partition coefficient (Wildman–Crippen LogP) is 0.705. The highest BCUT2D eigenvalue weighted by molar-refractivity contribution is 5.96. The van der Waals surface area contributed by atoms with Crippen molar-refractivity contribution in [1.29, 1.82) is 0 Å². The molecule has 0 spiro atoms. The van der Waals surface area contributed by atoms with Gasteiger partial charge in [-0.15, -0.1) is 0 Å². The number of hydrogen-bond donors (Lipinski definition) is 0. The van der Waals surface area contributed by atoms with Gasteiger partial charge in [0.1, 0.15) is 5.78 Å². The zero-order valence-corrected chi connectivity index (χ0v) is 11.2. The van der Waals surface area contributed by atoms with Crippen molar-refractivity contribution in [2.24, 2.45) is 0 Å². The van der Waals surface area contributed by atoms with Crippen LogP contribution in [0.5, 0.6) is 0 Å².